The number of carbonyl (C=O) groups excluding carboxylic acids is 1. The van der Waals surface area contributed by atoms with Crippen LogP contribution in [0.1, 0.15) is 41.1 Å². The first kappa shape index (κ1) is 19.0. The summed E-state index contributed by atoms with van der Waals surface area (Å²) in [5.41, 5.74) is -0.176. The van der Waals surface area contributed by atoms with Gasteiger partial charge in [0, 0.05) is 25.6 Å². The molecule has 0 fully saturated rings. The summed E-state index contributed by atoms with van der Waals surface area (Å²) in [6, 6.07) is 5.70. The van der Waals surface area contributed by atoms with E-state index in [0.29, 0.717) is 24.5 Å². The summed E-state index contributed by atoms with van der Waals surface area (Å²) in [4.78, 5) is 29.4. The topological polar surface area (TPSA) is 96.2 Å². The van der Waals surface area contributed by atoms with Crippen LogP contribution in [0.3, 0.4) is 0 Å². The number of rotatable bonds is 5. The molecule has 0 saturated heterocycles. The quantitative estimate of drug-likeness (QED) is 0.734. The molecule has 0 saturated carbocycles. The molecule has 2 atom stereocenters. The van der Waals surface area contributed by atoms with Gasteiger partial charge in [-0.25, -0.2) is 9.37 Å². The number of aromatic nitrogens is 2. The van der Waals surface area contributed by atoms with Crippen LogP contribution in [0.2, 0.25) is 0 Å². The molecule has 0 bridgehead atoms. The molecule has 1 aliphatic rings. The van der Waals surface area contributed by atoms with Crippen molar-refractivity contribution in [2.45, 2.75) is 32.4 Å². The van der Waals surface area contributed by atoms with E-state index in [1.165, 1.54) is 16.7 Å². The van der Waals surface area contributed by atoms with E-state index >= 15 is 0 Å². The minimum atomic E-state index is -0.646. The summed E-state index contributed by atoms with van der Waals surface area (Å²) in [5, 5.41) is 15.9. The Morgan fingerprint density at radius 2 is 2.07 bits per heavy atom. The number of hydrogen-bond donors (Lipinski definition) is 3. The van der Waals surface area contributed by atoms with Gasteiger partial charge in [0.25, 0.3) is 11.5 Å². The highest BCUT2D eigenvalue weighted by molar-refractivity contribution is 5.94. The molecule has 27 heavy (non-hydrogen) atoms. The Bertz CT molecular complexity index is 895. The van der Waals surface area contributed by atoms with Crippen molar-refractivity contribution in [1.29, 1.82) is 0 Å². The SMILES string of the molecule is CNCC1CC(C)Cn2c1nc(C(=O)NCc1ccc(F)cc1)c(O)c2=O. The van der Waals surface area contributed by atoms with Crippen LogP contribution < -0.4 is 16.2 Å². The Balaban J connectivity index is 1.88. The molecule has 2 unspecified atom stereocenters. The maximum absolute atomic E-state index is 13.0. The molecular weight excluding hydrogens is 351 g/mol. The number of halogens is 1. The van der Waals surface area contributed by atoms with Crippen LogP contribution in [-0.4, -0.2) is 34.2 Å². The molecule has 1 aliphatic heterocycles. The molecule has 2 heterocycles. The van der Waals surface area contributed by atoms with Gasteiger partial charge in [-0.2, -0.15) is 0 Å². The second-order valence-electron chi connectivity index (χ2n) is 6.99. The lowest BCUT2D eigenvalue weighted by Gasteiger charge is -2.30. The molecule has 0 spiro atoms. The standard InChI is InChI=1S/C19H23FN4O3/c1-11-7-13(9-21-2)17-23-15(16(25)19(27)24(17)10-11)18(26)22-8-12-3-5-14(20)6-4-12/h3-6,11,13,21,25H,7-10H2,1-2H3,(H,22,26). The van der Waals surface area contributed by atoms with Gasteiger partial charge < -0.3 is 15.7 Å². The van der Waals surface area contributed by atoms with Crippen LogP contribution in [-0.2, 0) is 13.1 Å². The summed E-state index contributed by atoms with van der Waals surface area (Å²) in [6.45, 7) is 3.26. The number of hydrogen-bond acceptors (Lipinski definition) is 5. The fraction of sp³-hybridized carbons (Fsp3) is 0.421. The van der Waals surface area contributed by atoms with E-state index in [1.807, 2.05) is 14.0 Å². The van der Waals surface area contributed by atoms with Crippen LogP contribution in [0.25, 0.3) is 0 Å². The van der Waals surface area contributed by atoms with Gasteiger partial charge in [-0.05, 0) is 37.1 Å². The summed E-state index contributed by atoms with van der Waals surface area (Å²) in [6.07, 6.45) is 0.842. The minimum absolute atomic E-state index is 0.0179. The number of aromatic hydroxyl groups is 1. The molecule has 1 aromatic heterocycles. The van der Waals surface area contributed by atoms with E-state index in [-0.39, 0.29) is 29.9 Å². The summed E-state index contributed by atoms with van der Waals surface area (Å²) >= 11 is 0. The third kappa shape index (κ3) is 4.00. The number of carbonyl (C=O) groups is 1. The zero-order chi connectivity index (χ0) is 19.6. The molecule has 2 aromatic rings. The monoisotopic (exact) mass is 374 g/mol. The van der Waals surface area contributed by atoms with E-state index < -0.39 is 17.2 Å². The zero-order valence-electron chi connectivity index (χ0n) is 15.3. The molecule has 8 heteroatoms. The van der Waals surface area contributed by atoms with E-state index in [2.05, 4.69) is 15.6 Å². The molecule has 0 radical (unpaired) electrons. The highest BCUT2D eigenvalue weighted by Crippen LogP contribution is 2.29. The van der Waals surface area contributed by atoms with Crippen LogP contribution >= 0.6 is 0 Å². The van der Waals surface area contributed by atoms with Crippen molar-refractivity contribution in [3.05, 3.63) is 57.5 Å². The largest absolute Gasteiger partial charge is 0.501 e. The Morgan fingerprint density at radius 3 is 2.74 bits per heavy atom. The number of likely N-dealkylation sites (N-methyl/N-ethyl adjacent to an activating group) is 1. The minimum Gasteiger partial charge on any atom is -0.501 e. The maximum atomic E-state index is 13.0. The summed E-state index contributed by atoms with van der Waals surface area (Å²) < 4.78 is 14.4. The highest BCUT2D eigenvalue weighted by Gasteiger charge is 2.30. The fourth-order valence-electron chi connectivity index (χ4n) is 3.47. The average molecular weight is 374 g/mol. The predicted octanol–water partition coefficient (Wildman–Crippen LogP) is 1.36. The van der Waals surface area contributed by atoms with Crippen molar-refractivity contribution in [2.75, 3.05) is 13.6 Å². The van der Waals surface area contributed by atoms with Gasteiger partial charge in [0.05, 0.1) is 0 Å². The summed E-state index contributed by atoms with van der Waals surface area (Å²) in [7, 11) is 1.82. The number of nitrogens with one attached hydrogen (secondary N) is 2. The average Bonchev–Trinajstić information content (AvgIpc) is 2.64. The molecule has 3 rings (SSSR count). The maximum Gasteiger partial charge on any atom is 0.296 e. The van der Waals surface area contributed by atoms with Crippen LogP contribution in [0, 0.1) is 11.7 Å². The predicted molar refractivity (Wildman–Crippen MR) is 98.2 cm³/mol. The first-order valence-electron chi connectivity index (χ1n) is 8.91. The van der Waals surface area contributed by atoms with E-state index in [0.717, 1.165) is 6.42 Å². The van der Waals surface area contributed by atoms with Gasteiger partial charge in [-0.15, -0.1) is 0 Å². The molecule has 1 amide bonds. The summed E-state index contributed by atoms with van der Waals surface area (Å²) in [5.74, 6) is -0.885. The van der Waals surface area contributed by atoms with Gasteiger partial charge in [0.15, 0.2) is 5.69 Å². The van der Waals surface area contributed by atoms with Crippen molar-refractivity contribution in [3.63, 3.8) is 0 Å². The highest BCUT2D eigenvalue weighted by atomic mass is 19.1. The lowest BCUT2D eigenvalue weighted by Crippen LogP contribution is -2.38. The van der Waals surface area contributed by atoms with Gasteiger partial charge in [-0.1, -0.05) is 19.1 Å². The number of amides is 1. The van der Waals surface area contributed by atoms with Crippen LogP contribution in [0.15, 0.2) is 29.1 Å². The van der Waals surface area contributed by atoms with Crippen molar-refractivity contribution in [3.8, 4) is 5.75 Å². The molecule has 7 nitrogen and oxygen atoms in total. The van der Waals surface area contributed by atoms with E-state index in [1.54, 1.807) is 12.1 Å². The third-order valence-corrected chi connectivity index (χ3v) is 4.75. The second-order valence-corrected chi connectivity index (χ2v) is 6.99. The lowest BCUT2D eigenvalue weighted by molar-refractivity contribution is 0.0941. The smallest absolute Gasteiger partial charge is 0.296 e. The number of nitrogens with zero attached hydrogens (tertiary/aromatic N) is 2. The molecular formula is C19H23FN4O3. The first-order chi connectivity index (χ1) is 12.9. The Morgan fingerprint density at radius 1 is 1.37 bits per heavy atom. The van der Waals surface area contributed by atoms with Crippen molar-refractivity contribution >= 4 is 5.91 Å². The zero-order valence-corrected chi connectivity index (χ0v) is 15.3. The molecule has 3 N–H and O–H groups in total. The molecule has 1 aromatic carbocycles. The fourth-order valence-corrected chi connectivity index (χ4v) is 3.47. The molecule has 0 aliphatic carbocycles. The van der Waals surface area contributed by atoms with Gasteiger partial charge in [0.2, 0.25) is 5.75 Å². The van der Waals surface area contributed by atoms with Crippen molar-refractivity contribution < 1.29 is 14.3 Å². The Kier molecular flexibility index (Phi) is 5.55. The Labute approximate surface area is 156 Å². The normalized spacial score (nSPS) is 18.8. The van der Waals surface area contributed by atoms with Crippen LogP contribution in [0.5, 0.6) is 5.75 Å². The van der Waals surface area contributed by atoms with Crippen LogP contribution in [0.4, 0.5) is 4.39 Å². The van der Waals surface area contributed by atoms with E-state index in [4.69, 9.17) is 0 Å². The Hall–Kier alpha value is -2.74. The van der Waals surface area contributed by atoms with Crippen molar-refractivity contribution in [2.24, 2.45) is 5.92 Å². The van der Waals surface area contributed by atoms with Gasteiger partial charge in [0.1, 0.15) is 11.6 Å². The van der Waals surface area contributed by atoms with Gasteiger partial charge >= 0.3 is 0 Å². The number of fused-ring (bicyclic) bond motifs is 1. The number of benzene rings is 1. The van der Waals surface area contributed by atoms with Crippen molar-refractivity contribution in [1.82, 2.24) is 20.2 Å². The van der Waals surface area contributed by atoms with E-state index in [9.17, 15) is 19.1 Å². The third-order valence-electron chi connectivity index (χ3n) is 4.75. The molecule has 144 valence electrons. The van der Waals surface area contributed by atoms with Gasteiger partial charge in [-0.3, -0.25) is 14.2 Å². The second kappa shape index (κ2) is 7.87. The lowest BCUT2D eigenvalue weighted by atomic mass is 9.90. The first-order valence-corrected chi connectivity index (χ1v) is 8.91.